The molecular formula is C23H44N2O3. The van der Waals surface area contributed by atoms with Crippen LogP contribution in [0.2, 0.25) is 0 Å². The number of nitrogens with zero attached hydrogens (tertiary/aromatic N) is 1. The summed E-state index contributed by atoms with van der Waals surface area (Å²) >= 11 is 0. The molecule has 5 heteroatoms. The standard InChI is InChI=1S/C23H44N2O3/c1-4-5-6-7-8-9-10-11-12-13-14-15-16-18-22(26)24-19-17-20-25(2,3)21-23(27)28/h9-10H,4-8,11-21H2,1-3H3,(H-,24,26,27,28)/b10-9+. The molecule has 0 aromatic carbocycles. The van der Waals surface area contributed by atoms with E-state index >= 15 is 0 Å². The van der Waals surface area contributed by atoms with Gasteiger partial charge in [0.15, 0.2) is 0 Å². The normalized spacial score (nSPS) is 11.8. The van der Waals surface area contributed by atoms with Crippen LogP contribution in [0.25, 0.3) is 0 Å². The molecule has 164 valence electrons. The Hall–Kier alpha value is -1.36. The SMILES string of the molecule is CCCCCC/C=C/CCCCCCCC(=O)NCCC[N+](C)(C)CC(=O)[O-]. The molecule has 0 saturated heterocycles. The van der Waals surface area contributed by atoms with Crippen LogP contribution in [0, 0.1) is 0 Å². The van der Waals surface area contributed by atoms with Crippen LogP contribution >= 0.6 is 0 Å². The molecule has 0 unspecified atom stereocenters. The zero-order valence-corrected chi connectivity index (χ0v) is 18.6. The Morgan fingerprint density at radius 3 is 2.04 bits per heavy atom. The van der Waals surface area contributed by atoms with Crippen molar-refractivity contribution in [3.63, 3.8) is 0 Å². The van der Waals surface area contributed by atoms with Crippen LogP contribution in [0.4, 0.5) is 0 Å². The van der Waals surface area contributed by atoms with Crippen LogP contribution in [-0.4, -0.2) is 50.1 Å². The highest BCUT2D eigenvalue weighted by molar-refractivity contribution is 5.75. The van der Waals surface area contributed by atoms with Gasteiger partial charge in [0.05, 0.1) is 26.6 Å². The molecule has 0 spiro atoms. The quantitative estimate of drug-likeness (QED) is 0.206. The molecule has 0 aromatic rings. The fourth-order valence-corrected chi connectivity index (χ4v) is 3.25. The summed E-state index contributed by atoms with van der Waals surface area (Å²) in [4.78, 5) is 22.5. The highest BCUT2D eigenvalue weighted by Gasteiger charge is 2.14. The number of likely N-dealkylation sites (N-methyl/N-ethyl adjacent to an activating group) is 1. The van der Waals surface area contributed by atoms with Gasteiger partial charge in [-0.1, -0.05) is 57.6 Å². The van der Waals surface area contributed by atoms with Crippen molar-refractivity contribution < 1.29 is 19.2 Å². The third-order valence-corrected chi connectivity index (χ3v) is 4.99. The average molecular weight is 397 g/mol. The van der Waals surface area contributed by atoms with E-state index in [-0.39, 0.29) is 12.5 Å². The number of nitrogens with one attached hydrogen (secondary N) is 1. The number of hydrogen-bond acceptors (Lipinski definition) is 3. The molecule has 0 radical (unpaired) electrons. The number of rotatable bonds is 19. The maximum atomic E-state index is 11.8. The minimum absolute atomic E-state index is 0.00267. The summed E-state index contributed by atoms with van der Waals surface area (Å²) in [6.07, 6.45) is 19.5. The Bertz CT molecular complexity index is 434. The third kappa shape index (κ3) is 19.4. The number of amides is 1. The number of quaternary nitrogens is 1. The minimum Gasteiger partial charge on any atom is -0.544 e. The number of unbranched alkanes of at least 4 members (excludes halogenated alkanes) is 9. The summed E-state index contributed by atoms with van der Waals surface area (Å²) in [6, 6.07) is 0. The molecule has 0 aliphatic heterocycles. The van der Waals surface area contributed by atoms with E-state index in [0.29, 0.717) is 24.0 Å². The van der Waals surface area contributed by atoms with E-state index in [4.69, 9.17) is 0 Å². The number of aliphatic carboxylic acids is 1. The van der Waals surface area contributed by atoms with Gasteiger partial charge >= 0.3 is 0 Å². The second-order valence-electron chi connectivity index (χ2n) is 8.52. The Labute approximate surface area is 173 Å². The number of carboxylic acid groups (broad SMARTS) is 1. The van der Waals surface area contributed by atoms with Gasteiger partial charge in [-0.3, -0.25) is 4.79 Å². The van der Waals surface area contributed by atoms with Crippen LogP contribution in [0.5, 0.6) is 0 Å². The molecule has 5 nitrogen and oxygen atoms in total. The van der Waals surface area contributed by atoms with Crippen molar-refractivity contribution in [1.82, 2.24) is 5.32 Å². The largest absolute Gasteiger partial charge is 0.544 e. The smallest absolute Gasteiger partial charge is 0.219 e. The highest BCUT2D eigenvalue weighted by atomic mass is 16.4. The van der Waals surface area contributed by atoms with Gasteiger partial charge in [-0.15, -0.1) is 0 Å². The summed E-state index contributed by atoms with van der Waals surface area (Å²) in [5.74, 6) is -0.927. The van der Waals surface area contributed by atoms with E-state index < -0.39 is 5.97 Å². The van der Waals surface area contributed by atoms with Crippen LogP contribution in [-0.2, 0) is 9.59 Å². The molecule has 0 aliphatic rings. The van der Waals surface area contributed by atoms with Crippen molar-refractivity contribution in [2.75, 3.05) is 33.7 Å². The monoisotopic (exact) mass is 396 g/mol. The van der Waals surface area contributed by atoms with Crippen molar-refractivity contribution in [1.29, 1.82) is 0 Å². The zero-order chi connectivity index (χ0) is 21.1. The number of carbonyl (C=O) groups excluding carboxylic acids is 2. The maximum absolute atomic E-state index is 11.8. The molecule has 0 aromatic heterocycles. The van der Waals surface area contributed by atoms with Gasteiger partial charge in [0, 0.05) is 19.4 Å². The van der Waals surface area contributed by atoms with E-state index in [1.54, 1.807) is 0 Å². The van der Waals surface area contributed by atoms with Crippen molar-refractivity contribution >= 4 is 11.9 Å². The maximum Gasteiger partial charge on any atom is 0.219 e. The Morgan fingerprint density at radius 2 is 1.43 bits per heavy atom. The molecule has 1 amide bonds. The predicted octanol–water partition coefficient (Wildman–Crippen LogP) is 3.58. The first-order valence-corrected chi connectivity index (χ1v) is 11.3. The lowest BCUT2D eigenvalue weighted by atomic mass is 10.1. The number of carboxylic acids is 1. The lowest BCUT2D eigenvalue weighted by Crippen LogP contribution is -2.49. The fourth-order valence-electron chi connectivity index (χ4n) is 3.25. The minimum atomic E-state index is -1.03. The second kappa shape index (κ2) is 17.7. The number of hydrogen-bond donors (Lipinski definition) is 1. The molecule has 0 aliphatic carbocycles. The molecule has 0 fully saturated rings. The number of carbonyl (C=O) groups is 2. The summed E-state index contributed by atoms with van der Waals surface area (Å²) in [5, 5.41) is 13.6. The van der Waals surface area contributed by atoms with Crippen molar-refractivity contribution in [3.05, 3.63) is 12.2 Å². The van der Waals surface area contributed by atoms with E-state index in [2.05, 4.69) is 24.4 Å². The molecular weight excluding hydrogens is 352 g/mol. The molecule has 1 N–H and O–H groups in total. The van der Waals surface area contributed by atoms with Crippen molar-refractivity contribution in [2.45, 2.75) is 90.4 Å². The van der Waals surface area contributed by atoms with E-state index in [1.807, 2.05) is 14.1 Å². The molecule has 0 bridgehead atoms. The van der Waals surface area contributed by atoms with Gasteiger partial charge in [0.25, 0.3) is 0 Å². The fraction of sp³-hybridized carbons (Fsp3) is 0.826. The second-order valence-corrected chi connectivity index (χ2v) is 8.52. The summed E-state index contributed by atoms with van der Waals surface area (Å²) in [5.41, 5.74) is 0. The summed E-state index contributed by atoms with van der Waals surface area (Å²) in [6.45, 7) is 3.57. The third-order valence-electron chi connectivity index (χ3n) is 4.99. The van der Waals surface area contributed by atoms with Gasteiger partial charge in [-0.05, 0) is 32.1 Å². The highest BCUT2D eigenvalue weighted by Crippen LogP contribution is 2.09. The van der Waals surface area contributed by atoms with Crippen molar-refractivity contribution in [2.24, 2.45) is 0 Å². The van der Waals surface area contributed by atoms with E-state index in [1.165, 1.54) is 57.8 Å². The van der Waals surface area contributed by atoms with E-state index in [0.717, 1.165) is 19.3 Å². The van der Waals surface area contributed by atoms with Gasteiger partial charge in [-0.25, -0.2) is 0 Å². The van der Waals surface area contributed by atoms with Crippen LogP contribution in [0.1, 0.15) is 90.4 Å². The number of allylic oxidation sites excluding steroid dienone is 2. The Morgan fingerprint density at radius 1 is 0.857 bits per heavy atom. The molecule has 0 atom stereocenters. The molecule has 0 heterocycles. The van der Waals surface area contributed by atoms with Crippen LogP contribution < -0.4 is 10.4 Å². The first kappa shape index (κ1) is 26.6. The van der Waals surface area contributed by atoms with Gasteiger partial charge in [0.1, 0.15) is 6.54 Å². The van der Waals surface area contributed by atoms with Gasteiger partial charge in [-0.2, -0.15) is 0 Å². The topological polar surface area (TPSA) is 69.2 Å². The molecule has 0 rings (SSSR count). The van der Waals surface area contributed by atoms with Gasteiger partial charge < -0.3 is 19.7 Å². The zero-order valence-electron chi connectivity index (χ0n) is 18.6. The average Bonchev–Trinajstić information content (AvgIpc) is 2.61. The lowest BCUT2D eigenvalue weighted by molar-refractivity contribution is -0.884. The van der Waals surface area contributed by atoms with E-state index in [9.17, 15) is 14.7 Å². The Kier molecular flexibility index (Phi) is 16.9. The molecule has 28 heavy (non-hydrogen) atoms. The first-order chi connectivity index (χ1) is 13.4. The van der Waals surface area contributed by atoms with Crippen LogP contribution in [0.15, 0.2) is 12.2 Å². The lowest BCUT2D eigenvalue weighted by Gasteiger charge is -2.30. The Balaban J connectivity index is 3.42. The van der Waals surface area contributed by atoms with Gasteiger partial charge in [0.2, 0.25) is 5.91 Å². The summed E-state index contributed by atoms with van der Waals surface area (Å²) in [7, 11) is 3.72. The predicted molar refractivity (Wildman–Crippen MR) is 115 cm³/mol. The van der Waals surface area contributed by atoms with Crippen molar-refractivity contribution in [3.8, 4) is 0 Å². The van der Waals surface area contributed by atoms with Crippen LogP contribution in [0.3, 0.4) is 0 Å². The summed E-state index contributed by atoms with van der Waals surface area (Å²) < 4.78 is 0.381. The first-order valence-electron chi connectivity index (χ1n) is 11.3. The molecule has 0 saturated carbocycles.